The number of pyridine rings is 1. The Kier molecular flexibility index (Phi) is 5.27. The highest BCUT2D eigenvalue weighted by atomic mass is 16.3. The summed E-state index contributed by atoms with van der Waals surface area (Å²) in [6.45, 7) is 4.10. The average Bonchev–Trinajstić information content (AvgIpc) is 2.86. The number of carbonyl (C=O) groups is 1. The minimum atomic E-state index is -0.171. The standard InChI is InChI=1S/C15H22N4O2/c1-10(2)8-11(9-20)17-14(21)6-5-13-18-12-4-3-7-16-15(12)19-13/h3-4,7,10-11,20H,5-6,8-9H2,1-2H3,(H,17,21)(H,16,18,19). The van der Waals surface area contributed by atoms with Crippen LogP contribution in [0.5, 0.6) is 0 Å². The van der Waals surface area contributed by atoms with Gasteiger partial charge in [-0.15, -0.1) is 0 Å². The number of aromatic nitrogens is 3. The van der Waals surface area contributed by atoms with Crippen LogP contribution in [-0.2, 0) is 11.2 Å². The maximum absolute atomic E-state index is 11.9. The summed E-state index contributed by atoms with van der Waals surface area (Å²) in [4.78, 5) is 23.5. The second-order valence-electron chi connectivity index (χ2n) is 5.63. The number of hydrogen-bond acceptors (Lipinski definition) is 4. The maximum atomic E-state index is 11.9. The van der Waals surface area contributed by atoms with Crippen molar-refractivity contribution in [2.24, 2.45) is 5.92 Å². The average molecular weight is 290 g/mol. The van der Waals surface area contributed by atoms with Gasteiger partial charge in [0.05, 0.1) is 18.2 Å². The number of H-pyrrole nitrogens is 1. The number of imidazole rings is 1. The SMILES string of the molecule is CC(C)CC(CO)NC(=O)CCc1nc2ncccc2[nH]1. The van der Waals surface area contributed by atoms with Crippen LogP contribution in [0, 0.1) is 5.92 Å². The third-order valence-corrected chi connectivity index (χ3v) is 3.24. The Morgan fingerprint density at radius 2 is 2.29 bits per heavy atom. The topological polar surface area (TPSA) is 90.9 Å². The first-order valence-electron chi connectivity index (χ1n) is 7.28. The number of aliphatic hydroxyl groups is 1. The van der Waals surface area contributed by atoms with E-state index in [1.165, 1.54) is 0 Å². The van der Waals surface area contributed by atoms with E-state index >= 15 is 0 Å². The van der Waals surface area contributed by atoms with Crippen LogP contribution < -0.4 is 5.32 Å². The predicted octanol–water partition coefficient (Wildman–Crippen LogP) is 1.41. The lowest BCUT2D eigenvalue weighted by Gasteiger charge is -2.18. The van der Waals surface area contributed by atoms with Gasteiger partial charge in [-0.25, -0.2) is 9.97 Å². The molecule has 3 N–H and O–H groups in total. The van der Waals surface area contributed by atoms with Gasteiger partial charge in [-0.3, -0.25) is 4.79 Å². The first-order chi connectivity index (χ1) is 10.1. The number of hydrogen-bond donors (Lipinski definition) is 3. The van der Waals surface area contributed by atoms with Crippen molar-refractivity contribution < 1.29 is 9.90 Å². The van der Waals surface area contributed by atoms with Gasteiger partial charge in [0.15, 0.2) is 5.65 Å². The van der Waals surface area contributed by atoms with Crippen molar-refractivity contribution in [2.75, 3.05) is 6.61 Å². The molecule has 1 amide bonds. The number of aryl methyl sites for hydroxylation is 1. The lowest BCUT2D eigenvalue weighted by molar-refractivity contribution is -0.122. The van der Waals surface area contributed by atoms with E-state index in [0.29, 0.717) is 24.4 Å². The molecule has 0 aliphatic carbocycles. The Morgan fingerprint density at radius 3 is 2.95 bits per heavy atom. The number of amides is 1. The Hall–Kier alpha value is -1.95. The largest absolute Gasteiger partial charge is 0.394 e. The molecule has 0 radical (unpaired) electrons. The van der Waals surface area contributed by atoms with Gasteiger partial charge < -0.3 is 15.4 Å². The third kappa shape index (κ3) is 4.53. The minimum Gasteiger partial charge on any atom is -0.394 e. The van der Waals surface area contributed by atoms with Crippen LogP contribution in [0.25, 0.3) is 11.2 Å². The van der Waals surface area contributed by atoms with E-state index in [2.05, 4.69) is 34.1 Å². The Labute approximate surface area is 124 Å². The summed E-state index contributed by atoms with van der Waals surface area (Å²) in [5, 5.41) is 12.1. The number of nitrogens with one attached hydrogen (secondary N) is 2. The summed E-state index contributed by atoms with van der Waals surface area (Å²) in [6, 6.07) is 3.58. The van der Waals surface area contributed by atoms with E-state index in [0.717, 1.165) is 17.8 Å². The molecule has 21 heavy (non-hydrogen) atoms. The molecule has 2 aromatic heterocycles. The van der Waals surface area contributed by atoms with E-state index < -0.39 is 0 Å². The van der Waals surface area contributed by atoms with Crippen LogP contribution in [0.2, 0.25) is 0 Å². The highest BCUT2D eigenvalue weighted by molar-refractivity contribution is 5.76. The fourth-order valence-corrected chi connectivity index (χ4v) is 2.29. The number of aromatic amines is 1. The molecule has 1 atom stereocenters. The smallest absolute Gasteiger partial charge is 0.220 e. The zero-order chi connectivity index (χ0) is 15.2. The van der Waals surface area contributed by atoms with E-state index in [1.54, 1.807) is 6.20 Å². The van der Waals surface area contributed by atoms with Crippen molar-refractivity contribution in [1.82, 2.24) is 20.3 Å². The lowest BCUT2D eigenvalue weighted by atomic mass is 10.0. The van der Waals surface area contributed by atoms with Gasteiger partial charge in [-0.2, -0.15) is 0 Å². The predicted molar refractivity (Wildman–Crippen MR) is 80.7 cm³/mol. The van der Waals surface area contributed by atoms with Crippen LogP contribution in [0.15, 0.2) is 18.3 Å². The van der Waals surface area contributed by atoms with E-state index in [9.17, 15) is 9.90 Å². The minimum absolute atomic E-state index is 0.0293. The zero-order valence-electron chi connectivity index (χ0n) is 12.5. The number of fused-ring (bicyclic) bond motifs is 1. The molecule has 0 aliphatic rings. The van der Waals surface area contributed by atoms with Crippen LogP contribution in [-0.4, -0.2) is 38.6 Å². The van der Waals surface area contributed by atoms with Crippen molar-refractivity contribution in [3.63, 3.8) is 0 Å². The fraction of sp³-hybridized carbons (Fsp3) is 0.533. The number of rotatable bonds is 7. The Balaban J connectivity index is 1.85. The molecule has 0 aromatic carbocycles. The molecular formula is C15H22N4O2. The summed E-state index contributed by atoms with van der Waals surface area (Å²) >= 11 is 0. The van der Waals surface area contributed by atoms with Gasteiger partial charge in [0.1, 0.15) is 5.82 Å². The molecule has 6 heteroatoms. The zero-order valence-corrected chi connectivity index (χ0v) is 12.5. The number of aliphatic hydroxyl groups excluding tert-OH is 1. The van der Waals surface area contributed by atoms with Gasteiger partial charge in [0, 0.05) is 19.0 Å². The molecule has 1 unspecified atom stereocenters. The molecule has 2 aromatic rings. The van der Waals surface area contributed by atoms with Crippen molar-refractivity contribution >= 4 is 17.1 Å². The Bertz CT molecular complexity index is 561. The molecule has 2 rings (SSSR count). The molecule has 0 saturated heterocycles. The molecule has 2 heterocycles. The van der Waals surface area contributed by atoms with Crippen LogP contribution in [0.1, 0.15) is 32.5 Å². The summed E-state index contributed by atoms with van der Waals surface area (Å²) in [7, 11) is 0. The number of carbonyl (C=O) groups excluding carboxylic acids is 1. The highest BCUT2D eigenvalue weighted by Crippen LogP contribution is 2.09. The van der Waals surface area contributed by atoms with Crippen molar-refractivity contribution in [2.45, 2.75) is 39.2 Å². The summed E-state index contributed by atoms with van der Waals surface area (Å²) in [6.07, 6.45) is 3.34. The lowest BCUT2D eigenvalue weighted by Crippen LogP contribution is -2.38. The van der Waals surface area contributed by atoms with E-state index in [4.69, 9.17) is 0 Å². The van der Waals surface area contributed by atoms with Crippen molar-refractivity contribution in [1.29, 1.82) is 0 Å². The van der Waals surface area contributed by atoms with E-state index in [-0.39, 0.29) is 18.6 Å². The molecule has 0 bridgehead atoms. The van der Waals surface area contributed by atoms with Crippen molar-refractivity contribution in [3.8, 4) is 0 Å². The monoisotopic (exact) mass is 290 g/mol. The third-order valence-electron chi connectivity index (χ3n) is 3.24. The maximum Gasteiger partial charge on any atom is 0.220 e. The fourth-order valence-electron chi connectivity index (χ4n) is 2.29. The normalized spacial score (nSPS) is 12.8. The summed E-state index contributed by atoms with van der Waals surface area (Å²) < 4.78 is 0. The number of nitrogens with zero attached hydrogens (tertiary/aromatic N) is 2. The van der Waals surface area contributed by atoms with Crippen LogP contribution in [0.4, 0.5) is 0 Å². The van der Waals surface area contributed by atoms with Gasteiger partial charge in [0.2, 0.25) is 5.91 Å². The molecule has 0 spiro atoms. The van der Waals surface area contributed by atoms with Crippen molar-refractivity contribution in [3.05, 3.63) is 24.2 Å². The van der Waals surface area contributed by atoms with E-state index in [1.807, 2.05) is 12.1 Å². The Morgan fingerprint density at radius 1 is 1.48 bits per heavy atom. The molecule has 0 aliphatic heterocycles. The van der Waals surface area contributed by atoms with Gasteiger partial charge >= 0.3 is 0 Å². The summed E-state index contributed by atoms with van der Waals surface area (Å²) in [5.41, 5.74) is 1.54. The molecule has 0 fully saturated rings. The summed E-state index contributed by atoms with van der Waals surface area (Å²) in [5.74, 6) is 1.12. The highest BCUT2D eigenvalue weighted by Gasteiger charge is 2.13. The van der Waals surface area contributed by atoms with Crippen LogP contribution in [0.3, 0.4) is 0 Å². The quantitative estimate of drug-likeness (QED) is 0.719. The first kappa shape index (κ1) is 15.4. The first-order valence-corrected chi connectivity index (χ1v) is 7.28. The van der Waals surface area contributed by atoms with Gasteiger partial charge in [-0.1, -0.05) is 13.8 Å². The van der Waals surface area contributed by atoms with Gasteiger partial charge in [0.25, 0.3) is 0 Å². The molecule has 6 nitrogen and oxygen atoms in total. The second-order valence-corrected chi connectivity index (χ2v) is 5.63. The molecule has 0 saturated carbocycles. The van der Waals surface area contributed by atoms with Crippen LogP contribution >= 0.6 is 0 Å². The van der Waals surface area contributed by atoms with Gasteiger partial charge in [-0.05, 0) is 24.5 Å². The molecule has 114 valence electrons. The second kappa shape index (κ2) is 7.17. The molecular weight excluding hydrogens is 268 g/mol.